The van der Waals surface area contributed by atoms with Gasteiger partial charge in [-0.05, 0) is 70.7 Å². The van der Waals surface area contributed by atoms with E-state index in [4.69, 9.17) is 14.2 Å². The van der Waals surface area contributed by atoms with Gasteiger partial charge in [0, 0.05) is 11.4 Å². The topological polar surface area (TPSA) is 68.2 Å². The standard InChI is InChI=1S/C26H28BrNO5S/c1-31-20-13-19(14-21(32-2)25(20)33-16-17-7-4-3-5-8-17)24(22-10-11-23(27)34-22)28-12-6-9-18(15-28)26(29)30/h3-5,7-8,10-11,13-14,18,24H,6,9,12,15-16H2,1-2H3,(H,29,30). The highest BCUT2D eigenvalue weighted by atomic mass is 79.9. The van der Waals surface area contributed by atoms with Gasteiger partial charge in [0.2, 0.25) is 5.75 Å². The number of methoxy groups -OCH3 is 2. The van der Waals surface area contributed by atoms with Gasteiger partial charge in [-0.3, -0.25) is 9.69 Å². The molecule has 4 rings (SSSR count). The molecule has 6 nitrogen and oxygen atoms in total. The van der Waals surface area contributed by atoms with Gasteiger partial charge in [0.1, 0.15) is 6.61 Å². The van der Waals surface area contributed by atoms with Crippen LogP contribution in [0.2, 0.25) is 0 Å². The van der Waals surface area contributed by atoms with Crippen LogP contribution >= 0.6 is 27.3 Å². The molecule has 1 fully saturated rings. The molecule has 1 saturated heterocycles. The summed E-state index contributed by atoms with van der Waals surface area (Å²) in [6, 6.07) is 17.9. The van der Waals surface area contributed by atoms with Crippen molar-refractivity contribution >= 4 is 33.2 Å². The molecular formula is C26H28BrNO5S. The third-order valence-electron chi connectivity index (χ3n) is 6.06. The third kappa shape index (κ3) is 5.56. The van der Waals surface area contributed by atoms with Gasteiger partial charge in [-0.15, -0.1) is 11.3 Å². The number of carboxylic acid groups (broad SMARTS) is 1. The number of ether oxygens (including phenoxy) is 3. The van der Waals surface area contributed by atoms with Crippen LogP contribution in [0.5, 0.6) is 17.2 Å². The van der Waals surface area contributed by atoms with Crippen LogP contribution < -0.4 is 14.2 Å². The zero-order chi connectivity index (χ0) is 24.1. The lowest BCUT2D eigenvalue weighted by molar-refractivity contribution is -0.143. The lowest BCUT2D eigenvalue weighted by Gasteiger charge is -2.37. The molecule has 1 N–H and O–H groups in total. The van der Waals surface area contributed by atoms with Crippen LogP contribution in [0.15, 0.2) is 58.4 Å². The summed E-state index contributed by atoms with van der Waals surface area (Å²) in [4.78, 5) is 15.1. The maximum atomic E-state index is 11.7. The number of carbonyl (C=O) groups is 1. The Kier molecular flexibility index (Phi) is 8.13. The average Bonchev–Trinajstić information content (AvgIpc) is 3.29. The molecule has 0 bridgehead atoms. The van der Waals surface area contributed by atoms with E-state index in [0.717, 1.165) is 32.8 Å². The van der Waals surface area contributed by atoms with Crippen molar-refractivity contribution in [1.82, 2.24) is 4.90 Å². The number of piperidine rings is 1. The van der Waals surface area contributed by atoms with Gasteiger partial charge in [-0.2, -0.15) is 0 Å². The van der Waals surface area contributed by atoms with Crippen molar-refractivity contribution in [3.8, 4) is 17.2 Å². The van der Waals surface area contributed by atoms with Crippen LogP contribution in [0.4, 0.5) is 0 Å². The van der Waals surface area contributed by atoms with E-state index in [-0.39, 0.29) is 12.0 Å². The van der Waals surface area contributed by atoms with Gasteiger partial charge >= 0.3 is 5.97 Å². The molecule has 0 radical (unpaired) electrons. The molecular weight excluding hydrogens is 518 g/mol. The van der Waals surface area contributed by atoms with Gasteiger partial charge in [0.15, 0.2) is 11.5 Å². The molecule has 2 heterocycles. The minimum Gasteiger partial charge on any atom is -0.493 e. The molecule has 2 aromatic carbocycles. The first-order valence-corrected chi connectivity index (χ1v) is 12.8. The Bertz CT molecular complexity index is 1090. The van der Waals surface area contributed by atoms with Crippen molar-refractivity contribution in [2.45, 2.75) is 25.5 Å². The van der Waals surface area contributed by atoms with Crippen molar-refractivity contribution in [3.63, 3.8) is 0 Å². The smallest absolute Gasteiger partial charge is 0.307 e. The lowest BCUT2D eigenvalue weighted by Crippen LogP contribution is -2.41. The first kappa shape index (κ1) is 24.6. The Labute approximate surface area is 212 Å². The number of thiophene rings is 1. The zero-order valence-corrected chi connectivity index (χ0v) is 21.6. The molecule has 180 valence electrons. The number of hydrogen-bond donors (Lipinski definition) is 1. The van der Waals surface area contributed by atoms with Crippen LogP contribution in [0.1, 0.15) is 34.9 Å². The van der Waals surface area contributed by atoms with E-state index < -0.39 is 5.97 Å². The van der Waals surface area contributed by atoms with Gasteiger partial charge in [-0.1, -0.05) is 30.3 Å². The summed E-state index contributed by atoms with van der Waals surface area (Å²) in [7, 11) is 3.23. The van der Waals surface area contributed by atoms with E-state index in [2.05, 4.69) is 26.9 Å². The van der Waals surface area contributed by atoms with E-state index in [1.807, 2.05) is 48.5 Å². The Morgan fingerprint density at radius 3 is 2.44 bits per heavy atom. The van der Waals surface area contributed by atoms with Gasteiger partial charge in [0.05, 0.1) is 30.0 Å². The highest BCUT2D eigenvalue weighted by Gasteiger charge is 2.33. The minimum atomic E-state index is -0.740. The normalized spacial score (nSPS) is 17.2. The molecule has 0 saturated carbocycles. The largest absolute Gasteiger partial charge is 0.493 e. The van der Waals surface area contributed by atoms with Crippen molar-refractivity contribution in [2.24, 2.45) is 5.92 Å². The molecule has 0 amide bonds. The van der Waals surface area contributed by atoms with Crippen molar-refractivity contribution in [2.75, 3.05) is 27.3 Å². The highest BCUT2D eigenvalue weighted by Crippen LogP contribution is 2.45. The van der Waals surface area contributed by atoms with Crippen molar-refractivity contribution < 1.29 is 24.1 Å². The molecule has 1 aliphatic heterocycles. The summed E-state index contributed by atoms with van der Waals surface area (Å²) in [5.41, 5.74) is 2.02. The van der Waals surface area contributed by atoms with Gasteiger partial charge in [0.25, 0.3) is 0 Å². The Hall–Kier alpha value is -2.55. The maximum Gasteiger partial charge on any atom is 0.307 e. The average molecular weight is 546 g/mol. The number of halogens is 1. The fourth-order valence-electron chi connectivity index (χ4n) is 4.40. The van der Waals surface area contributed by atoms with Crippen molar-refractivity contribution in [3.05, 3.63) is 74.4 Å². The summed E-state index contributed by atoms with van der Waals surface area (Å²) < 4.78 is 18.6. The van der Waals surface area contributed by atoms with E-state index in [0.29, 0.717) is 36.8 Å². The second-order valence-corrected chi connectivity index (χ2v) is 10.7. The zero-order valence-electron chi connectivity index (χ0n) is 19.2. The molecule has 34 heavy (non-hydrogen) atoms. The first-order valence-electron chi connectivity index (χ1n) is 11.1. The van der Waals surface area contributed by atoms with E-state index in [1.54, 1.807) is 25.6 Å². The molecule has 2 atom stereocenters. The summed E-state index contributed by atoms with van der Waals surface area (Å²) >= 11 is 5.23. The summed E-state index contributed by atoms with van der Waals surface area (Å²) in [5.74, 6) is 0.591. The molecule has 2 unspecified atom stereocenters. The Balaban J connectivity index is 1.71. The highest BCUT2D eigenvalue weighted by molar-refractivity contribution is 9.11. The number of benzene rings is 2. The molecule has 0 spiro atoms. The second-order valence-electron chi connectivity index (χ2n) is 8.25. The van der Waals surface area contributed by atoms with E-state index in [1.165, 1.54) is 0 Å². The third-order valence-corrected chi connectivity index (χ3v) is 7.73. The fourth-order valence-corrected chi connectivity index (χ4v) is 5.99. The Morgan fingerprint density at radius 1 is 1.15 bits per heavy atom. The number of hydrogen-bond acceptors (Lipinski definition) is 6. The number of nitrogens with zero attached hydrogens (tertiary/aromatic N) is 1. The summed E-state index contributed by atoms with van der Waals surface area (Å²) in [6.45, 7) is 1.70. The quantitative estimate of drug-likeness (QED) is 0.356. The van der Waals surface area contributed by atoms with E-state index in [9.17, 15) is 9.90 Å². The molecule has 3 aromatic rings. The van der Waals surface area contributed by atoms with Crippen LogP contribution in [-0.4, -0.2) is 43.3 Å². The molecule has 0 aliphatic carbocycles. The van der Waals surface area contributed by atoms with E-state index >= 15 is 0 Å². The summed E-state index contributed by atoms with van der Waals surface area (Å²) in [5, 5.41) is 9.65. The van der Waals surface area contributed by atoms with Crippen LogP contribution in [0.25, 0.3) is 0 Å². The Morgan fingerprint density at radius 2 is 1.85 bits per heavy atom. The van der Waals surface area contributed by atoms with Crippen LogP contribution in [0.3, 0.4) is 0 Å². The molecule has 1 aliphatic rings. The number of rotatable bonds is 9. The van der Waals surface area contributed by atoms with Crippen LogP contribution in [0, 0.1) is 5.92 Å². The first-order chi connectivity index (χ1) is 16.5. The minimum absolute atomic E-state index is 0.121. The van der Waals surface area contributed by atoms with Crippen LogP contribution in [-0.2, 0) is 11.4 Å². The monoisotopic (exact) mass is 545 g/mol. The molecule has 1 aromatic heterocycles. The fraction of sp³-hybridized carbons (Fsp3) is 0.346. The molecule has 8 heteroatoms. The summed E-state index contributed by atoms with van der Waals surface area (Å²) in [6.07, 6.45) is 1.54. The number of aliphatic carboxylic acids is 1. The van der Waals surface area contributed by atoms with Gasteiger partial charge < -0.3 is 19.3 Å². The number of likely N-dealkylation sites (tertiary alicyclic amines) is 1. The predicted octanol–water partition coefficient (Wildman–Crippen LogP) is 5.99. The lowest BCUT2D eigenvalue weighted by atomic mass is 9.94. The second kappa shape index (κ2) is 11.3. The van der Waals surface area contributed by atoms with Crippen molar-refractivity contribution in [1.29, 1.82) is 0 Å². The number of carboxylic acids is 1. The maximum absolute atomic E-state index is 11.7. The predicted molar refractivity (Wildman–Crippen MR) is 136 cm³/mol. The van der Waals surface area contributed by atoms with Gasteiger partial charge in [-0.25, -0.2) is 0 Å². The SMILES string of the molecule is COc1cc(C(c2ccc(Br)s2)N2CCCC(C(=O)O)C2)cc(OC)c1OCc1ccccc1.